The van der Waals surface area contributed by atoms with Crippen LogP contribution in [0.25, 0.3) is 0 Å². The second-order valence-corrected chi connectivity index (χ2v) is 6.07. The first-order chi connectivity index (χ1) is 12.4. The molecule has 0 saturated heterocycles. The number of nitrogens with zero attached hydrogens (tertiary/aromatic N) is 4. The van der Waals surface area contributed by atoms with Crippen molar-refractivity contribution < 1.29 is 9.59 Å². The minimum absolute atomic E-state index is 0.102. The Morgan fingerprint density at radius 2 is 1.85 bits per heavy atom. The maximum Gasteiger partial charge on any atom is 0.278 e. The van der Waals surface area contributed by atoms with Crippen LogP contribution in [0.4, 0.5) is 5.82 Å². The van der Waals surface area contributed by atoms with Crippen LogP contribution in [0.1, 0.15) is 26.5 Å². The molecule has 2 amide bonds. The summed E-state index contributed by atoms with van der Waals surface area (Å²) >= 11 is 5.97. The van der Waals surface area contributed by atoms with Crippen LogP contribution in [-0.4, -0.2) is 31.4 Å². The normalized spacial score (nSPS) is 10.6. The predicted octanol–water partition coefficient (Wildman–Crippen LogP) is 1.99. The minimum Gasteiger partial charge on any atom is -0.347 e. The van der Waals surface area contributed by atoms with E-state index in [1.807, 2.05) is 30.3 Å². The van der Waals surface area contributed by atoms with Gasteiger partial charge < -0.3 is 10.6 Å². The van der Waals surface area contributed by atoms with Crippen LogP contribution in [-0.2, 0) is 20.6 Å². The highest BCUT2D eigenvalue weighted by Gasteiger charge is 2.18. The Kier molecular flexibility index (Phi) is 5.04. The number of hydrogen-bond acceptors (Lipinski definition) is 4. The van der Waals surface area contributed by atoms with Gasteiger partial charge in [-0.25, -0.2) is 0 Å². The lowest BCUT2D eigenvalue weighted by Gasteiger charge is -2.02. The molecule has 0 fully saturated rings. The molecule has 0 radical (unpaired) electrons. The van der Waals surface area contributed by atoms with Crippen molar-refractivity contribution in [3.8, 4) is 0 Å². The van der Waals surface area contributed by atoms with Crippen molar-refractivity contribution in [2.24, 2.45) is 14.1 Å². The third-order valence-electron chi connectivity index (χ3n) is 3.65. The second kappa shape index (κ2) is 7.40. The Labute approximate surface area is 154 Å². The average Bonchev–Trinajstić information content (AvgIpc) is 3.15. The summed E-state index contributed by atoms with van der Waals surface area (Å²) in [5.41, 5.74) is 1.28. The van der Waals surface area contributed by atoms with Gasteiger partial charge in [0.25, 0.3) is 11.8 Å². The minimum atomic E-state index is -0.477. The highest BCUT2D eigenvalue weighted by Crippen LogP contribution is 2.16. The van der Waals surface area contributed by atoms with Crippen molar-refractivity contribution in [3.05, 3.63) is 64.6 Å². The van der Waals surface area contributed by atoms with Crippen LogP contribution in [0.3, 0.4) is 0 Å². The van der Waals surface area contributed by atoms with Crippen LogP contribution < -0.4 is 10.6 Å². The number of benzene rings is 1. The molecule has 8 nitrogen and oxygen atoms in total. The average molecular weight is 373 g/mol. The number of amides is 2. The molecule has 0 saturated carbocycles. The van der Waals surface area contributed by atoms with Crippen molar-refractivity contribution in [2.45, 2.75) is 6.54 Å². The van der Waals surface area contributed by atoms with Gasteiger partial charge in [0, 0.05) is 32.9 Å². The summed E-state index contributed by atoms with van der Waals surface area (Å²) in [6.07, 6.45) is 1.53. The molecule has 2 N–H and O–H groups in total. The van der Waals surface area contributed by atoms with E-state index in [4.69, 9.17) is 11.6 Å². The van der Waals surface area contributed by atoms with Crippen LogP contribution in [0.5, 0.6) is 0 Å². The molecule has 26 heavy (non-hydrogen) atoms. The standard InChI is InChI=1S/C17H17ClN6O2/c1-23-10-12(18)15(22-23)17(26)20-14-8-13(21-24(14)2)16(25)19-9-11-6-4-3-5-7-11/h3-8,10H,9H2,1-2H3,(H,19,25)(H,20,26). The van der Waals surface area contributed by atoms with Crippen molar-refractivity contribution >= 4 is 29.2 Å². The molecule has 3 rings (SSSR count). The monoisotopic (exact) mass is 372 g/mol. The number of carbonyl (C=O) groups excluding carboxylic acids is 2. The van der Waals surface area contributed by atoms with Gasteiger partial charge in [-0.1, -0.05) is 41.9 Å². The molecule has 9 heteroatoms. The fourth-order valence-electron chi connectivity index (χ4n) is 2.35. The van der Waals surface area contributed by atoms with E-state index in [0.29, 0.717) is 12.4 Å². The first-order valence-corrected chi connectivity index (χ1v) is 8.18. The zero-order valence-electron chi connectivity index (χ0n) is 14.2. The molecule has 2 aromatic heterocycles. The summed E-state index contributed by atoms with van der Waals surface area (Å²) in [7, 11) is 3.30. The Morgan fingerprint density at radius 3 is 2.50 bits per heavy atom. The summed E-state index contributed by atoms with van der Waals surface area (Å²) in [6, 6.07) is 11.0. The fourth-order valence-corrected chi connectivity index (χ4v) is 2.62. The number of aryl methyl sites for hydroxylation is 2. The predicted molar refractivity (Wildman–Crippen MR) is 97.0 cm³/mol. The van der Waals surface area contributed by atoms with Crippen LogP contribution >= 0.6 is 11.6 Å². The molecule has 3 aromatic rings. The summed E-state index contributed by atoms with van der Waals surface area (Å²) in [5, 5.41) is 13.8. The van der Waals surface area contributed by atoms with Gasteiger partial charge in [-0.2, -0.15) is 10.2 Å². The van der Waals surface area contributed by atoms with E-state index in [1.54, 1.807) is 14.1 Å². The molecule has 1 aromatic carbocycles. The maximum atomic E-state index is 12.3. The topological polar surface area (TPSA) is 93.8 Å². The van der Waals surface area contributed by atoms with Gasteiger partial charge in [-0.3, -0.25) is 19.0 Å². The number of carbonyl (C=O) groups is 2. The molecular formula is C17H17ClN6O2. The van der Waals surface area contributed by atoms with Gasteiger partial charge in [0.05, 0.1) is 5.02 Å². The number of hydrogen-bond donors (Lipinski definition) is 2. The second-order valence-electron chi connectivity index (χ2n) is 5.66. The van der Waals surface area contributed by atoms with Gasteiger partial charge in [0.2, 0.25) is 0 Å². The zero-order valence-corrected chi connectivity index (χ0v) is 15.0. The summed E-state index contributed by atoms with van der Waals surface area (Å²) in [4.78, 5) is 24.5. The van der Waals surface area contributed by atoms with Gasteiger partial charge >= 0.3 is 0 Å². The maximum absolute atomic E-state index is 12.3. The molecule has 0 aliphatic heterocycles. The van der Waals surface area contributed by atoms with E-state index in [1.165, 1.54) is 21.6 Å². The quantitative estimate of drug-likeness (QED) is 0.716. The smallest absolute Gasteiger partial charge is 0.278 e. The lowest BCUT2D eigenvalue weighted by Crippen LogP contribution is -2.23. The largest absolute Gasteiger partial charge is 0.347 e. The van der Waals surface area contributed by atoms with E-state index in [9.17, 15) is 9.59 Å². The molecular weight excluding hydrogens is 356 g/mol. The molecule has 0 bridgehead atoms. The third-order valence-corrected chi connectivity index (χ3v) is 3.93. The number of anilines is 1. The van der Waals surface area contributed by atoms with E-state index in [2.05, 4.69) is 20.8 Å². The van der Waals surface area contributed by atoms with Gasteiger partial charge in [-0.05, 0) is 5.56 Å². The van der Waals surface area contributed by atoms with Gasteiger partial charge in [-0.15, -0.1) is 0 Å². The number of rotatable bonds is 5. The molecule has 0 unspecified atom stereocenters. The highest BCUT2D eigenvalue weighted by atomic mass is 35.5. The van der Waals surface area contributed by atoms with Gasteiger partial charge in [0.15, 0.2) is 11.4 Å². The first-order valence-electron chi connectivity index (χ1n) is 7.80. The number of halogens is 1. The van der Waals surface area contributed by atoms with Crippen molar-refractivity contribution in [1.82, 2.24) is 24.9 Å². The number of nitrogens with one attached hydrogen (secondary N) is 2. The first kappa shape index (κ1) is 17.7. The van der Waals surface area contributed by atoms with Crippen molar-refractivity contribution in [1.29, 1.82) is 0 Å². The van der Waals surface area contributed by atoms with Crippen molar-refractivity contribution in [3.63, 3.8) is 0 Å². The Bertz CT molecular complexity index is 948. The molecule has 0 aliphatic carbocycles. The molecule has 0 spiro atoms. The lowest BCUT2D eigenvalue weighted by molar-refractivity contribution is 0.0944. The van der Waals surface area contributed by atoms with Gasteiger partial charge in [0.1, 0.15) is 5.82 Å². The Hall–Kier alpha value is -3.13. The Morgan fingerprint density at radius 1 is 1.12 bits per heavy atom. The fraction of sp³-hybridized carbons (Fsp3) is 0.176. The third kappa shape index (κ3) is 3.92. The molecule has 0 aliphatic rings. The lowest BCUT2D eigenvalue weighted by atomic mass is 10.2. The summed E-state index contributed by atoms with van der Waals surface area (Å²) < 4.78 is 2.86. The van der Waals surface area contributed by atoms with Crippen LogP contribution in [0.15, 0.2) is 42.6 Å². The van der Waals surface area contributed by atoms with Crippen LogP contribution in [0.2, 0.25) is 5.02 Å². The van der Waals surface area contributed by atoms with E-state index >= 15 is 0 Å². The van der Waals surface area contributed by atoms with E-state index in [0.717, 1.165) is 5.56 Å². The molecule has 0 atom stereocenters. The zero-order chi connectivity index (χ0) is 18.7. The molecule has 2 heterocycles. The summed E-state index contributed by atoms with van der Waals surface area (Å²) in [5.74, 6) is -0.447. The Balaban J connectivity index is 1.67. The highest BCUT2D eigenvalue weighted by molar-refractivity contribution is 6.34. The SMILES string of the molecule is Cn1cc(Cl)c(C(=O)Nc2cc(C(=O)NCc3ccccc3)nn2C)n1. The van der Waals surface area contributed by atoms with Crippen molar-refractivity contribution in [2.75, 3.05) is 5.32 Å². The van der Waals surface area contributed by atoms with E-state index < -0.39 is 5.91 Å². The molecule has 134 valence electrons. The van der Waals surface area contributed by atoms with Crippen LogP contribution in [0, 0.1) is 0 Å². The van der Waals surface area contributed by atoms with E-state index in [-0.39, 0.29) is 22.3 Å². The number of aromatic nitrogens is 4. The summed E-state index contributed by atoms with van der Waals surface area (Å²) in [6.45, 7) is 0.390.